The maximum absolute atomic E-state index is 12.2. The van der Waals surface area contributed by atoms with Crippen LogP contribution in [0.5, 0.6) is 5.75 Å². The highest BCUT2D eigenvalue weighted by atomic mass is 16.5. The van der Waals surface area contributed by atoms with Gasteiger partial charge < -0.3 is 19.8 Å². The number of amides is 2. The minimum absolute atomic E-state index is 0.362. The van der Waals surface area contributed by atoms with Crippen molar-refractivity contribution in [2.75, 3.05) is 25.5 Å². The average molecular weight is 388 g/mol. The Balaban J connectivity index is 1.94. The van der Waals surface area contributed by atoms with Gasteiger partial charge in [-0.2, -0.15) is 0 Å². The summed E-state index contributed by atoms with van der Waals surface area (Å²) in [6.45, 7) is 9.48. The number of hydrogen-bond donors (Lipinski definition) is 2. The Morgan fingerprint density at radius 1 is 1.18 bits per heavy atom. The van der Waals surface area contributed by atoms with E-state index in [1.54, 1.807) is 24.4 Å². The normalized spacial score (nSPS) is 11.1. The highest BCUT2D eigenvalue weighted by Crippen LogP contribution is 2.32. The first-order chi connectivity index (χ1) is 13.3. The van der Waals surface area contributed by atoms with Crippen LogP contribution in [0.2, 0.25) is 0 Å². The number of methoxy groups -OCH3 is 1. The quantitative estimate of drug-likeness (QED) is 0.675. The highest BCUT2D eigenvalue weighted by molar-refractivity contribution is 6.39. The van der Waals surface area contributed by atoms with E-state index >= 15 is 0 Å². The van der Waals surface area contributed by atoms with Crippen LogP contribution in [0.15, 0.2) is 35.2 Å². The van der Waals surface area contributed by atoms with Gasteiger partial charge in [-0.3, -0.25) is 14.5 Å². The molecule has 2 amide bonds. The Morgan fingerprint density at radius 3 is 2.46 bits per heavy atom. The highest BCUT2D eigenvalue weighted by Gasteiger charge is 2.17. The lowest BCUT2D eigenvalue weighted by Crippen LogP contribution is -2.44. The van der Waals surface area contributed by atoms with Crippen molar-refractivity contribution in [2.45, 2.75) is 39.8 Å². The molecule has 2 N–H and O–H groups in total. The largest absolute Gasteiger partial charge is 0.496 e. The molecule has 0 aliphatic heterocycles. The van der Waals surface area contributed by atoms with E-state index in [1.807, 2.05) is 0 Å². The lowest BCUT2D eigenvalue weighted by atomic mass is 10.1. The van der Waals surface area contributed by atoms with E-state index < -0.39 is 11.8 Å². The molecule has 0 aliphatic rings. The van der Waals surface area contributed by atoms with Crippen LogP contribution in [0, 0.1) is 0 Å². The Kier molecular flexibility index (Phi) is 7.57. The van der Waals surface area contributed by atoms with Gasteiger partial charge in [0.2, 0.25) is 0 Å². The van der Waals surface area contributed by atoms with Crippen molar-refractivity contribution in [1.82, 2.24) is 15.2 Å². The van der Waals surface area contributed by atoms with Crippen molar-refractivity contribution in [3.63, 3.8) is 0 Å². The molecule has 0 aliphatic carbocycles. The number of rotatable bonds is 8. The van der Waals surface area contributed by atoms with Crippen LogP contribution in [0.25, 0.3) is 11.3 Å². The van der Waals surface area contributed by atoms with Gasteiger partial charge in [0.1, 0.15) is 5.75 Å². The third-order valence-corrected chi connectivity index (χ3v) is 4.35. The molecule has 28 heavy (non-hydrogen) atoms. The second-order valence-corrected chi connectivity index (χ2v) is 6.92. The fraction of sp³-hybridized carbons (Fsp3) is 0.450. The smallest absolute Gasteiger partial charge is 0.313 e. The molecular formula is C20H28N4O4. The lowest BCUT2D eigenvalue weighted by molar-refractivity contribution is -0.136. The van der Waals surface area contributed by atoms with Crippen LogP contribution in [0.1, 0.15) is 27.7 Å². The van der Waals surface area contributed by atoms with Crippen LogP contribution in [0.3, 0.4) is 0 Å². The van der Waals surface area contributed by atoms with E-state index in [1.165, 1.54) is 13.5 Å². The molecule has 0 unspecified atom stereocenters. The van der Waals surface area contributed by atoms with Gasteiger partial charge in [0, 0.05) is 36.9 Å². The van der Waals surface area contributed by atoms with Gasteiger partial charge in [0.15, 0.2) is 12.2 Å². The van der Waals surface area contributed by atoms with Gasteiger partial charge in [-0.05, 0) is 39.8 Å². The zero-order valence-corrected chi connectivity index (χ0v) is 17.0. The number of carbonyl (C=O) groups excluding carboxylic acids is 2. The van der Waals surface area contributed by atoms with E-state index in [2.05, 4.69) is 48.2 Å². The first-order valence-electron chi connectivity index (χ1n) is 9.25. The lowest BCUT2D eigenvalue weighted by Gasteiger charge is -2.30. The molecule has 1 aromatic heterocycles. The molecule has 2 aromatic rings. The van der Waals surface area contributed by atoms with Gasteiger partial charge >= 0.3 is 11.8 Å². The van der Waals surface area contributed by atoms with Gasteiger partial charge in [0.25, 0.3) is 0 Å². The van der Waals surface area contributed by atoms with Crippen molar-refractivity contribution in [1.29, 1.82) is 0 Å². The topological polar surface area (TPSA) is 96.7 Å². The Labute approximate surface area is 165 Å². The maximum atomic E-state index is 12.2. The first kappa shape index (κ1) is 21.4. The average Bonchev–Trinajstić information content (AvgIpc) is 3.18. The summed E-state index contributed by atoms with van der Waals surface area (Å²) in [6, 6.07) is 5.76. The van der Waals surface area contributed by atoms with Crippen LogP contribution >= 0.6 is 0 Å². The molecule has 8 heteroatoms. The van der Waals surface area contributed by atoms with Crippen molar-refractivity contribution < 1.29 is 18.7 Å². The summed E-state index contributed by atoms with van der Waals surface area (Å²) in [5, 5.41) is 5.24. The van der Waals surface area contributed by atoms with Crippen LogP contribution in [-0.4, -0.2) is 54.0 Å². The maximum Gasteiger partial charge on any atom is 0.313 e. The molecule has 1 aromatic carbocycles. The fourth-order valence-corrected chi connectivity index (χ4v) is 3.00. The van der Waals surface area contributed by atoms with Crippen LogP contribution in [0.4, 0.5) is 5.69 Å². The van der Waals surface area contributed by atoms with Crippen LogP contribution in [-0.2, 0) is 9.59 Å². The van der Waals surface area contributed by atoms with E-state index in [0.29, 0.717) is 47.9 Å². The summed E-state index contributed by atoms with van der Waals surface area (Å²) < 4.78 is 10.6. The second kappa shape index (κ2) is 9.89. The number of hydrogen-bond acceptors (Lipinski definition) is 6. The molecule has 0 spiro atoms. The van der Waals surface area contributed by atoms with Crippen LogP contribution < -0.4 is 15.4 Å². The van der Waals surface area contributed by atoms with Gasteiger partial charge in [0.05, 0.1) is 18.9 Å². The Bertz CT molecular complexity index is 780. The minimum Gasteiger partial charge on any atom is -0.496 e. The summed E-state index contributed by atoms with van der Waals surface area (Å²) in [6.07, 6.45) is 2.90. The predicted octanol–water partition coefficient (Wildman–Crippen LogP) is 2.52. The van der Waals surface area contributed by atoms with Crippen molar-refractivity contribution >= 4 is 17.5 Å². The standard InChI is InChI=1S/C20H28N4O4/c1-13(2)24(14(3)4)9-8-22-19(25)20(26)23-15-6-7-16(17(10-15)27-5)18-11-21-12-28-18/h6-7,10-14H,8-9H2,1-5H3,(H,22,25)(H,23,26). The molecule has 0 saturated heterocycles. The number of aromatic nitrogens is 1. The third-order valence-electron chi connectivity index (χ3n) is 4.35. The number of benzene rings is 1. The minimum atomic E-state index is -0.727. The number of oxazole rings is 1. The molecule has 0 saturated carbocycles. The zero-order chi connectivity index (χ0) is 20.7. The molecule has 1 heterocycles. The number of carbonyl (C=O) groups is 2. The summed E-state index contributed by atoms with van der Waals surface area (Å²) in [7, 11) is 1.52. The molecular weight excluding hydrogens is 360 g/mol. The van der Waals surface area contributed by atoms with E-state index in [0.717, 1.165) is 0 Å². The number of anilines is 1. The Morgan fingerprint density at radius 2 is 1.89 bits per heavy atom. The van der Waals surface area contributed by atoms with E-state index in [9.17, 15) is 9.59 Å². The zero-order valence-electron chi connectivity index (χ0n) is 17.0. The van der Waals surface area contributed by atoms with E-state index in [4.69, 9.17) is 9.15 Å². The summed E-state index contributed by atoms with van der Waals surface area (Å²) in [5.74, 6) is -0.354. The number of nitrogens with zero attached hydrogens (tertiary/aromatic N) is 2. The summed E-state index contributed by atoms with van der Waals surface area (Å²) in [4.78, 5) is 30.4. The van der Waals surface area contributed by atoms with Crippen molar-refractivity contribution in [2.24, 2.45) is 0 Å². The van der Waals surface area contributed by atoms with Crippen molar-refractivity contribution in [3.8, 4) is 17.1 Å². The van der Waals surface area contributed by atoms with Gasteiger partial charge in [-0.25, -0.2) is 4.98 Å². The second-order valence-electron chi connectivity index (χ2n) is 6.92. The molecule has 0 atom stereocenters. The third kappa shape index (κ3) is 5.56. The monoisotopic (exact) mass is 388 g/mol. The molecule has 0 bridgehead atoms. The van der Waals surface area contributed by atoms with E-state index in [-0.39, 0.29) is 0 Å². The molecule has 152 valence electrons. The molecule has 8 nitrogen and oxygen atoms in total. The van der Waals surface area contributed by atoms with Crippen molar-refractivity contribution in [3.05, 3.63) is 30.8 Å². The van der Waals surface area contributed by atoms with Gasteiger partial charge in [-0.1, -0.05) is 0 Å². The summed E-state index contributed by atoms with van der Waals surface area (Å²) >= 11 is 0. The first-order valence-corrected chi connectivity index (χ1v) is 9.25. The Hall–Kier alpha value is -2.87. The van der Waals surface area contributed by atoms with Gasteiger partial charge in [-0.15, -0.1) is 0 Å². The molecule has 2 rings (SSSR count). The molecule has 0 radical (unpaired) electrons. The SMILES string of the molecule is COc1cc(NC(=O)C(=O)NCCN(C(C)C)C(C)C)ccc1-c1cnco1. The predicted molar refractivity (Wildman–Crippen MR) is 107 cm³/mol. The fourth-order valence-electron chi connectivity index (χ4n) is 3.00. The summed E-state index contributed by atoms with van der Waals surface area (Å²) in [5.41, 5.74) is 1.15. The number of ether oxygens (including phenoxy) is 1. The number of nitrogens with one attached hydrogen (secondary N) is 2. The molecule has 0 fully saturated rings.